The third-order valence-electron chi connectivity index (χ3n) is 2.20. The summed E-state index contributed by atoms with van der Waals surface area (Å²) < 4.78 is 31.6. The van der Waals surface area contributed by atoms with E-state index < -0.39 is 11.6 Å². The Labute approximate surface area is 91.5 Å². The van der Waals surface area contributed by atoms with Crippen molar-refractivity contribution in [2.24, 2.45) is 0 Å². The molecule has 0 spiro atoms. The van der Waals surface area contributed by atoms with Crippen molar-refractivity contribution in [3.63, 3.8) is 0 Å². The van der Waals surface area contributed by atoms with Crippen molar-refractivity contribution in [1.29, 1.82) is 0 Å². The highest BCUT2D eigenvalue weighted by Crippen LogP contribution is 2.29. The predicted molar refractivity (Wildman–Crippen MR) is 56.1 cm³/mol. The number of aromatic nitrogens is 1. The molecule has 0 aliphatic rings. The lowest BCUT2D eigenvalue weighted by Crippen LogP contribution is -1.94. The molecule has 0 unspecified atom stereocenters. The van der Waals surface area contributed by atoms with Crippen LogP contribution in [0.1, 0.15) is 0 Å². The maximum Gasteiger partial charge on any atom is 0.168 e. The van der Waals surface area contributed by atoms with Gasteiger partial charge in [0.25, 0.3) is 0 Å². The Morgan fingerprint density at radius 3 is 2.69 bits per heavy atom. The van der Waals surface area contributed by atoms with E-state index in [2.05, 4.69) is 4.98 Å². The summed E-state index contributed by atoms with van der Waals surface area (Å²) in [6.45, 7) is 0. The fraction of sp³-hybridized carbons (Fsp3) is 0.0833. The highest BCUT2D eigenvalue weighted by molar-refractivity contribution is 5.66. The number of ether oxygens (including phenoxy) is 1. The molecule has 82 valence electrons. The fourth-order valence-electron chi connectivity index (χ4n) is 1.44. The van der Waals surface area contributed by atoms with Crippen LogP contribution in [0, 0.1) is 11.6 Å². The number of hydrogen-bond donors (Lipinski definition) is 0. The van der Waals surface area contributed by atoms with Gasteiger partial charge in [0.2, 0.25) is 0 Å². The largest absolute Gasteiger partial charge is 0.494 e. The summed E-state index contributed by atoms with van der Waals surface area (Å²) in [6.07, 6.45) is 1.50. The van der Waals surface area contributed by atoms with E-state index in [0.29, 0.717) is 11.4 Å². The molecule has 0 amide bonds. The van der Waals surface area contributed by atoms with Crippen molar-refractivity contribution in [2.45, 2.75) is 0 Å². The Morgan fingerprint density at radius 1 is 1.12 bits per heavy atom. The second-order valence-corrected chi connectivity index (χ2v) is 3.16. The standard InChI is InChI=1S/C12H9F2NO/c1-16-10-6-3-7-15-12(10)8-4-2-5-9(13)11(8)14/h2-7H,1H3. The summed E-state index contributed by atoms with van der Waals surface area (Å²) in [4.78, 5) is 3.99. The second kappa shape index (κ2) is 4.26. The average Bonchev–Trinajstić information content (AvgIpc) is 2.33. The van der Waals surface area contributed by atoms with Gasteiger partial charge in [-0.15, -0.1) is 0 Å². The minimum atomic E-state index is -0.917. The van der Waals surface area contributed by atoms with Crippen LogP contribution < -0.4 is 4.74 Å². The van der Waals surface area contributed by atoms with E-state index in [9.17, 15) is 8.78 Å². The van der Waals surface area contributed by atoms with Gasteiger partial charge >= 0.3 is 0 Å². The molecule has 0 radical (unpaired) electrons. The van der Waals surface area contributed by atoms with Gasteiger partial charge < -0.3 is 4.74 Å². The topological polar surface area (TPSA) is 22.1 Å². The van der Waals surface area contributed by atoms with Gasteiger partial charge in [-0.1, -0.05) is 6.07 Å². The van der Waals surface area contributed by atoms with E-state index in [1.807, 2.05) is 0 Å². The SMILES string of the molecule is COc1cccnc1-c1cccc(F)c1F. The summed E-state index contributed by atoms with van der Waals surface area (Å²) in [7, 11) is 1.46. The van der Waals surface area contributed by atoms with Crippen LogP contribution in [0.3, 0.4) is 0 Å². The number of benzene rings is 1. The lowest BCUT2D eigenvalue weighted by molar-refractivity contribution is 0.414. The van der Waals surface area contributed by atoms with Crippen LogP contribution in [-0.4, -0.2) is 12.1 Å². The third kappa shape index (κ3) is 1.74. The van der Waals surface area contributed by atoms with E-state index in [0.717, 1.165) is 6.07 Å². The Bertz CT molecular complexity index is 514. The monoisotopic (exact) mass is 221 g/mol. The minimum Gasteiger partial charge on any atom is -0.494 e. The van der Waals surface area contributed by atoms with Crippen molar-refractivity contribution in [1.82, 2.24) is 4.98 Å². The van der Waals surface area contributed by atoms with Crippen molar-refractivity contribution in [2.75, 3.05) is 7.11 Å². The van der Waals surface area contributed by atoms with Crippen LogP contribution in [-0.2, 0) is 0 Å². The maximum atomic E-state index is 13.5. The first-order valence-corrected chi connectivity index (χ1v) is 4.67. The Balaban J connectivity index is 2.63. The molecule has 0 aliphatic carbocycles. The van der Waals surface area contributed by atoms with Crippen molar-refractivity contribution >= 4 is 0 Å². The second-order valence-electron chi connectivity index (χ2n) is 3.16. The maximum absolute atomic E-state index is 13.5. The fourth-order valence-corrected chi connectivity index (χ4v) is 1.44. The molecule has 0 aliphatic heterocycles. The molecule has 16 heavy (non-hydrogen) atoms. The van der Waals surface area contributed by atoms with E-state index >= 15 is 0 Å². The zero-order valence-electron chi connectivity index (χ0n) is 8.58. The summed E-state index contributed by atoms with van der Waals surface area (Å²) in [5, 5.41) is 0. The van der Waals surface area contributed by atoms with Gasteiger partial charge in [-0.05, 0) is 24.3 Å². The van der Waals surface area contributed by atoms with Gasteiger partial charge in [0, 0.05) is 11.8 Å². The van der Waals surface area contributed by atoms with Crippen molar-refractivity contribution < 1.29 is 13.5 Å². The first-order valence-electron chi connectivity index (χ1n) is 4.67. The lowest BCUT2D eigenvalue weighted by atomic mass is 10.1. The van der Waals surface area contributed by atoms with E-state index in [1.165, 1.54) is 25.4 Å². The quantitative estimate of drug-likeness (QED) is 0.777. The van der Waals surface area contributed by atoms with E-state index in [-0.39, 0.29) is 5.56 Å². The molecule has 0 saturated heterocycles. The first kappa shape index (κ1) is 10.5. The Kier molecular flexibility index (Phi) is 2.81. The lowest BCUT2D eigenvalue weighted by Gasteiger charge is -2.07. The average molecular weight is 221 g/mol. The number of rotatable bonds is 2. The van der Waals surface area contributed by atoms with Gasteiger partial charge in [0.1, 0.15) is 11.4 Å². The van der Waals surface area contributed by atoms with Crippen LogP contribution in [0.25, 0.3) is 11.3 Å². The molecule has 0 fully saturated rings. The summed E-state index contributed by atoms with van der Waals surface area (Å²) in [5.41, 5.74) is 0.388. The van der Waals surface area contributed by atoms with Crippen LogP contribution in [0.4, 0.5) is 8.78 Å². The number of nitrogens with zero attached hydrogens (tertiary/aromatic N) is 1. The molecule has 2 rings (SSSR count). The molecule has 2 nitrogen and oxygen atoms in total. The molecule has 1 heterocycles. The Hall–Kier alpha value is -1.97. The summed E-state index contributed by atoms with van der Waals surface area (Å²) in [5.74, 6) is -1.41. The first-order chi connectivity index (χ1) is 7.74. The Morgan fingerprint density at radius 2 is 1.94 bits per heavy atom. The number of methoxy groups -OCH3 is 1. The zero-order chi connectivity index (χ0) is 11.5. The van der Waals surface area contributed by atoms with E-state index in [4.69, 9.17) is 4.74 Å². The minimum absolute atomic E-state index is 0.0949. The summed E-state index contributed by atoms with van der Waals surface area (Å²) in [6, 6.07) is 7.27. The molecule has 1 aromatic heterocycles. The highest BCUT2D eigenvalue weighted by Gasteiger charge is 2.14. The molecule has 0 atom stereocenters. The number of hydrogen-bond acceptors (Lipinski definition) is 2. The summed E-state index contributed by atoms with van der Waals surface area (Å²) >= 11 is 0. The van der Waals surface area contributed by atoms with Gasteiger partial charge in [-0.2, -0.15) is 0 Å². The normalized spacial score (nSPS) is 10.2. The zero-order valence-corrected chi connectivity index (χ0v) is 8.58. The smallest absolute Gasteiger partial charge is 0.168 e. The van der Waals surface area contributed by atoms with Crippen LogP contribution in [0.2, 0.25) is 0 Å². The van der Waals surface area contributed by atoms with Gasteiger partial charge in [-0.25, -0.2) is 8.78 Å². The molecule has 1 aromatic carbocycles. The molecular weight excluding hydrogens is 212 g/mol. The predicted octanol–water partition coefficient (Wildman–Crippen LogP) is 3.04. The number of halogens is 2. The van der Waals surface area contributed by atoms with Crippen molar-refractivity contribution in [3.8, 4) is 17.0 Å². The molecular formula is C12H9F2NO. The molecule has 0 saturated carbocycles. The molecule has 0 bridgehead atoms. The van der Waals surface area contributed by atoms with Crippen LogP contribution in [0.15, 0.2) is 36.5 Å². The van der Waals surface area contributed by atoms with Gasteiger partial charge in [0.05, 0.1) is 7.11 Å². The van der Waals surface area contributed by atoms with Crippen LogP contribution >= 0.6 is 0 Å². The molecule has 4 heteroatoms. The third-order valence-corrected chi connectivity index (χ3v) is 2.20. The van der Waals surface area contributed by atoms with Crippen molar-refractivity contribution in [3.05, 3.63) is 48.2 Å². The number of pyridine rings is 1. The van der Waals surface area contributed by atoms with Crippen LogP contribution in [0.5, 0.6) is 5.75 Å². The molecule has 2 aromatic rings. The van der Waals surface area contributed by atoms with E-state index in [1.54, 1.807) is 12.1 Å². The highest BCUT2D eigenvalue weighted by atomic mass is 19.2. The molecule has 0 N–H and O–H groups in total. The van der Waals surface area contributed by atoms with Gasteiger partial charge in [0.15, 0.2) is 11.6 Å². The van der Waals surface area contributed by atoms with Gasteiger partial charge in [-0.3, -0.25) is 4.98 Å².